The lowest BCUT2D eigenvalue weighted by Crippen LogP contribution is -2.36. The highest BCUT2D eigenvalue weighted by molar-refractivity contribution is 7.91. The van der Waals surface area contributed by atoms with E-state index in [0.29, 0.717) is 5.75 Å². The van der Waals surface area contributed by atoms with Gasteiger partial charge in [-0.3, -0.25) is 4.79 Å². The molecule has 124 valence electrons. The van der Waals surface area contributed by atoms with Crippen molar-refractivity contribution in [2.45, 2.75) is 24.2 Å². The van der Waals surface area contributed by atoms with Crippen molar-refractivity contribution in [2.75, 3.05) is 11.9 Å². The summed E-state index contributed by atoms with van der Waals surface area (Å²) in [5.74, 6) is 0.310. The second-order valence-electron chi connectivity index (χ2n) is 4.70. The molecule has 0 aliphatic heterocycles. The molecule has 23 heavy (non-hydrogen) atoms. The van der Waals surface area contributed by atoms with Crippen LogP contribution in [0.3, 0.4) is 0 Å². The molecule has 0 radical (unpaired) electrons. The number of benzene rings is 1. The highest BCUT2D eigenvalue weighted by Gasteiger charge is 2.23. The monoisotopic (exact) mass is 356 g/mol. The summed E-state index contributed by atoms with van der Waals surface area (Å²) < 4.78 is 32.1. The highest BCUT2D eigenvalue weighted by atomic mass is 32.2. The van der Waals surface area contributed by atoms with Crippen LogP contribution in [0.1, 0.15) is 13.8 Å². The van der Waals surface area contributed by atoms with Crippen LogP contribution >= 0.6 is 11.3 Å². The van der Waals surface area contributed by atoms with Crippen LogP contribution in [0.5, 0.6) is 5.75 Å². The topological polar surface area (TPSA) is 110 Å². The number of nitrogens with one attached hydrogen (secondary N) is 2. The SMILES string of the molecule is CC(=O)Nc1nnc(S(=O)(=O)N[C@@H](C)COc2ccccc2)s1. The van der Waals surface area contributed by atoms with Crippen LogP contribution in [-0.2, 0) is 14.8 Å². The predicted molar refractivity (Wildman–Crippen MR) is 85.9 cm³/mol. The molecule has 2 aromatic rings. The van der Waals surface area contributed by atoms with Crippen LogP contribution in [0.15, 0.2) is 34.7 Å². The first kappa shape index (κ1) is 17.3. The molecular weight excluding hydrogens is 340 g/mol. The summed E-state index contributed by atoms with van der Waals surface area (Å²) in [6.07, 6.45) is 0. The zero-order valence-corrected chi connectivity index (χ0v) is 14.1. The molecule has 0 spiro atoms. The quantitative estimate of drug-likeness (QED) is 0.722. The summed E-state index contributed by atoms with van der Waals surface area (Å²) in [7, 11) is -3.82. The van der Waals surface area contributed by atoms with Crippen molar-refractivity contribution in [1.82, 2.24) is 14.9 Å². The third kappa shape index (κ3) is 5.27. The van der Waals surface area contributed by atoms with E-state index in [0.717, 1.165) is 11.3 Å². The summed E-state index contributed by atoms with van der Waals surface area (Å²) >= 11 is 0.779. The lowest BCUT2D eigenvalue weighted by atomic mass is 10.3. The number of carbonyl (C=O) groups excluding carboxylic acids is 1. The number of rotatable bonds is 7. The molecule has 0 aliphatic carbocycles. The summed E-state index contributed by atoms with van der Waals surface area (Å²) in [4.78, 5) is 10.9. The van der Waals surface area contributed by atoms with Gasteiger partial charge in [0.2, 0.25) is 15.4 Å². The minimum atomic E-state index is -3.82. The highest BCUT2D eigenvalue weighted by Crippen LogP contribution is 2.20. The lowest BCUT2D eigenvalue weighted by molar-refractivity contribution is -0.114. The van der Waals surface area contributed by atoms with Crippen molar-refractivity contribution < 1.29 is 17.9 Å². The molecule has 1 aromatic carbocycles. The zero-order valence-electron chi connectivity index (χ0n) is 12.5. The van der Waals surface area contributed by atoms with E-state index in [-0.39, 0.29) is 22.0 Å². The number of anilines is 1. The van der Waals surface area contributed by atoms with Crippen LogP contribution in [0, 0.1) is 0 Å². The van der Waals surface area contributed by atoms with Gasteiger partial charge in [0.25, 0.3) is 10.0 Å². The van der Waals surface area contributed by atoms with E-state index in [1.165, 1.54) is 6.92 Å². The predicted octanol–water partition coefficient (Wildman–Crippen LogP) is 1.24. The van der Waals surface area contributed by atoms with Gasteiger partial charge >= 0.3 is 0 Å². The van der Waals surface area contributed by atoms with Crippen molar-refractivity contribution in [3.05, 3.63) is 30.3 Å². The minimum Gasteiger partial charge on any atom is -0.492 e. The maximum absolute atomic E-state index is 12.2. The standard InChI is InChI=1S/C13H16N4O4S2/c1-9(8-21-11-6-4-3-5-7-11)17-23(19,20)13-16-15-12(22-13)14-10(2)18/h3-7,9,17H,8H2,1-2H3,(H,14,15,18)/t9-/m0/s1. The van der Waals surface area contributed by atoms with Gasteiger partial charge in [-0.1, -0.05) is 29.5 Å². The Balaban J connectivity index is 1.94. The number of sulfonamides is 1. The maximum Gasteiger partial charge on any atom is 0.270 e. The fraction of sp³-hybridized carbons (Fsp3) is 0.308. The van der Waals surface area contributed by atoms with Gasteiger partial charge in [0.15, 0.2) is 0 Å². The van der Waals surface area contributed by atoms with E-state index >= 15 is 0 Å². The van der Waals surface area contributed by atoms with Crippen LogP contribution in [-0.4, -0.2) is 37.2 Å². The second-order valence-corrected chi connectivity index (χ2v) is 7.57. The first-order valence-electron chi connectivity index (χ1n) is 6.68. The van der Waals surface area contributed by atoms with Gasteiger partial charge in [-0.2, -0.15) is 0 Å². The van der Waals surface area contributed by atoms with Gasteiger partial charge in [-0.25, -0.2) is 13.1 Å². The molecule has 0 bridgehead atoms. The van der Waals surface area contributed by atoms with E-state index < -0.39 is 16.1 Å². The fourth-order valence-electron chi connectivity index (χ4n) is 1.61. The molecule has 1 atom stereocenters. The number of hydrogen-bond donors (Lipinski definition) is 2. The molecule has 1 heterocycles. The molecule has 1 aromatic heterocycles. The van der Waals surface area contributed by atoms with Gasteiger partial charge < -0.3 is 10.1 Å². The Kier molecular flexibility index (Phi) is 5.64. The van der Waals surface area contributed by atoms with Gasteiger partial charge in [0.1, 0.15) is 12.4 Å². The van der Waals surface area contributed by atoms with Crippen molar-refractivity contribution >= 4 is 32.4 Å². The molecule has 0 saturated heterocycles. The zero-order chi connectivity index (χ0) is 16.9. The number of aromatic nitrogens is 2. The van der Waals surface area contributed by atoms with Crippen molar-refractivity contribution in [3.63, 3.8) is 0 Å². The molecule has 0 fully saturated rings. The number of ether oxygens (including phenoxy) is 1. The van der Waals surface area contributed by atoms with Crippen LogP contribution in [0.2, 0.25) is 0 Å². The van der Waals surface area contributed by atoms with E-state index in [4.69, 9.17) is 4.74 Å². The summed E-state index contributed by atoms with van der Waals surface area (Å²) in [5.41, 5.74) is 0. The van der Waals surface area contributed by atoms with E-state index in [2.05, 4.69) is 20.2 Å². The van der Waals surface area contributed by atoms with Crippen molar-refractivity contribution in [1.29, 1.82) is 0 Å². The minimum absolute atomic E-state index is 0.131. The van der Waals surface area contributed by atoms with E-state index in [1.807, 2.05) is 18.2 Å². The number of hydrogen-bond acceptors (Lipinski definition) is 7. The summed E-state index contributed by atoms with van der Waals surface area (Å²) in [6, 6.07) is 8.62. The van der Waals surface area contributed by atoms with Gasteiger partial charge in [-0.15, -0.1) is 10.2 Å². The van der Waals surface area contributed by atoms with Crippen LogP contribution in [0.25, 0.3) is 0 Å². The number of nitrogens with zero attached hydrogens (tertiary/aromatic N) is 2. The molecule has 2 N–H and O–H groups in total. The first-order chi connectivity index (χ1) is 10.9. The molecular formula is C13H16N4O4S2. The lowest BCUT2D eigenvalue weighted by Gasteiger charge is -2.13. The van der Waals surface area contributed by atoms with Crippen LogP contribution < -0.4 is 14.8 Å². The number of para-hydroxylation sites is 1. The molecule has 0 unspecified atom stereocenters. The van der Waals surface area contributed by atoms with Crippen molar-refractivity contribution in [2.24, 2.45) is 0 Å². The normalized spacial score (nSPS) is 12.6. The molecule has 1 amide bonds. The van der Waals surface area contributed by atoms with Crippen molar-refractivity contribution in [3.8, 4) is 5.75 Å². The Hall–Kier alpha value is -2.04. The molecule has 8 nitrogen and oxygen atoms in total. The smallest absolute Gasteiger partial charge is 0.270 e. The van der Waals surface area contributed by atoms with E-state index in [9.17, 15) is 13.2 Å². The third-order valence-electron chi connectivity index (χ3n) is 2.52. The molecule has 2 rings (SSSR count). The van der Waals surface area contributed by atoms with Gasteiger partial charge in [-0.05, 0) is 19.1 Å². The largest absolute Gasteiger partial charge is 0.492 e. The third-order valence-corrected chi connectivity index (χ3v) is 5.31. The van der Waals surface area contributed by atoms with E-state index in [1.54, 1.807) is 19.1 Å². The number of amides is 1. The second kappa shape index (κ2) is 7.49. The Morgan fingerprint density at radius 2 is 2.00 bits per heavy atom. The Bertz CT molecular complexity index is 761. The Labute approximate surface area is 137 Å². The molecule has 0 saturated carbocycles. The average Bonchev–Trinajstić information content (AvgIpc) is 2.94. The fourth-order valence-corrected chi connectivity index (χ4v) is 3.80. The summed E-state index contributed by atoms with van der Waals surface area (Å²) in [6.45, 7) is 3.15. The molecule has 0 aliphatic rings. The van der Waals surface area contributed by atoms with Crippen LogP contribution in [0.4, 0.5) is 5.13 Å². The Morgan fingerprint density at radius 3 is 2.65 bits per heavy atom. The first-order valence-corrected chi connectivity index (χ1v) is 8.98. The molecule has 10 heteroatoms. The Morgan fingerprint density at radius 1 is 1.30 bits per heavy atom. The van der Waals surface area contributed by atoms with Gasteiger partial charge in [0.05, 0.1) is 6.04 Å². The summed E-state index contributed by atoms with van der Waals surface area (Å²) in [5, 5.41) is 9.70. The maximum atomic E-state index is 12.2. The average molecular weight is 356 g/mol. The van der Waals surface area contributed by atoms with Gasteiger partial charge in [0, 0.05) is 6.92 Å². The number of carbonyl (C=O) groups is 1.